The number of nitrogens with zero attached hydrogens (tertiary/aromatic N) is 1. The van der Waals surface area contributed by atoms with E-state index in [1.54, 1.807) is 31.4 Å². The average molecular weight is 349 g/mol. The fourth-order valence-electron chi connectivity index (χ4n) is 2.81. The van der Waals surface area contributed by atoms with Gasteiger partial charge in [-0.2, -0.15) is 5.26 Å². The molecule has 0 heterocycles. The molecule has 0 aliphatic heterocycles. The molecule has 6 nitrogen and oxygen atoms in total. The van der Waals surface area contributed by atoms with Crippen molar-refractivity contribution in [1.29, 1.82) is 5.26 Å². The fourth-order valence-corrected chi connectivity index (χ4v) is 2.81. The summed E-state index contributed by atoms with van der Waals surface area (Å²) < 4.78 is 5.27. The van der Waals surface area contributed by atoms with Crippen molar-refractivity contribution in [2.75, 3.05) is 12.4 Å². The second-order valence-corrected chi connectivity index (χ2v) is 6.19. The highest BCUT2D eigenvalue weighted by Crippen LogP contribution is 2.47. The fraction of sp³-hybridized carbons (Fsp3) is 0.250. The molecule has 1 aliphatic rings. The summed E-state index contributed by atoms with van der Waals surface area (Å²) in [5.41, 5.74) is 0.564. The number of carbonyl (C=O) groups excluding carboxylic acids is 2. The van der Waals surface area contributed by atoms with Gasteiger partial charge in [0.05, 0.1) is 18.4 Å². The van der Waals surface area contributed by atoms with E-state index < -0.39 is 5.41 Å². The molecule has 6 heteroatoms. The zero-order chi connectivity index (χ0) is 18.6. The molecule has 2 aromatic carbocycles. The molecule has 0 atom stereocenters. The van der Waals surface area contributed by atoms with Crippen LogP contribution in [-0.2, 0) is 16.1 Å². The Balaban J connectivity index is 1.67. The lowest BCUT2D eigenvalue weighted by molar-refractivity contribution is -0.134. The van der Waals surface area contributed by atoms with Crippen molar-refractivity contribution in [3.05, 3.63) is 59.7 Å². The molecule has 1 aliphatic carbocycles. The first kappa shape index (κ1) is 17.5. The summed E-state index contributed by atoms with van der Waals surface area (Å²) in [5.74, 6) is -0.00174. The maximum Gasteiger partial charge on any atom is 0.240 e. The molecule has 0 spiro atoms. The van der Waals surface area contributed by atoms with E-state index >= 15 is 0 Å². The summed E-state index contributed by atoms with van der Waals surface area (Å²) in [5, 5.41) is 14.7. The number of anilines is 1. The smallest absolute Gasteiger partial charge is 0.240 e. The summed E-state index contributed by atoms with van der Waals surface area (Å²) in [6.07, 6.45) is 0.983. The number of para-hydroxylation sites is 2. The lowest BCUT2D eigenvalue weighted by atomic mass is 10.0. The molecule has 0 aromatic heterocycles. The zero-order valence-electron chi connectivity index (χ0n) is 14.4. The first-order valence-electron chi connectivity index (χ1n) is 8.31. The summed E-state index contributed by atoms with van der Waals surface area (Å²) in [7, 11) is 1.57. The van der Waals surface area contributed by atoms with Crippen molar-refractivity contribution in [2.45, 2.75) is 19.4 Å². The molecule has 0 radical (unpaired) electrons. The number of nitrogens with one attached hydrogen (secondary N) is 2. The highest BCUT2D eigenvalue weighted by molar-refractivity contribution is 6.13. The number of ether oxygens (including phenoxy) is 1. The van der Waals surface area contributed by atoms with E-state index in [0.29, 0.717) is 29.8 Å². The number of hydrogen-bond donors (Lipinski definition) is 2. The SMILES string of the molecule is COc1ccccc1CNC(=O)C1(C(=O)Nc2ccccc2C#N)CC1. The van der Waals surface area contributed by atoms with Crippen LogP contribution in [0.15, 0.2) is 48.5 Å². The Labute approximate surface area is 151 Å². The summed E-state index contributed by atoms with van der Waals surface area (Å²) >= 11 is 0. The van der Waals surface area contributed by atoms with Gasteiger partial charge in [-0.3, -0.25) is 9.59 Å². The number of rotatable bonds is 6. The number of carbonyl (C=O) groups is 2. The van der Waals surface area contributed by atoms with Gasteiger partial charge in [0.2, 0.25) is 11.8 Å². The molecule has 1 saturated carbocycles. The van der Waals surface area contributed by atoms with Crippen molar-refractivity contribution >= 4 is 17.5 Å². The van der Waals surface area contributed by atoms with Crippen molar-refractivity contribution in [1.82, 2.24) is 5.32 Å². The van der Waals surface area contributed by atoms with Gasteiger partial charge in [0.25, 0.3) is 0 Å². The van der Waals surface area contributed by atoms with Gasteiger partial charge in [-0.25, -0.2) is 0 Å². The Morgan fingerprint density at radius 3 is 2.50 bits per heavy atom. The number of hydrogen-bond acceptors (Lipinski definition) is 4. The van der Waals surface area contributed by atoms with Gasteiger partial charge in [0.15, 0.2) is 0 Å². The van der Waals surface area contributed by atoms with Crippen LogP contribution in [0, 0.1) is 16.7 Å². The lowest BCUT2D eigenvalue weighted by Crippen LogP contribution is -2.39. The predicted molar refractivity (Wildman–Crippen MR) is 96.3 cm³/mol. The summed E-state index contributed by atoms with van der Waals surface area (Å²) in [4.78, 5) is 25.2. The van der Waals surface area contributed by atoms with Crippen LogP contribution in [0.2, 0.25) is 0 Å². The molecule has 0 saturated heterocycles. The van der Waals surface area contributed by atoms with Gasteiger partial charge in [0, 0.05) is 12.1 Å². The monoisotopic (exact) mass is 349 g/mol. The molecule has 2 aromatic rings. The molecule has 2 N–H and O–H groups in total. The predicted octanol–water partition coefficient (Wildman–Crippen LogP) is 2.60. The molecule has 3 rings (SSSR count). The van der Waals surface area contributed by atoms with E-state index in [1.165, 1.54) is 0 Å². The van der Waals surface area contributed by atoms with Crippen molar-refractivity contribution in [3.8, 4) is 11.8 Å². The van der Waals surface area contributed by atoms with Crippen molar-refractivity contribution < 1.29 is 14.3 Å². The van der Waals surface area contributed by atoms with E-state index in [0.717, 1.165) is 5.56 Å². The molecular weight excluding hydrogens is 330 g/mol. The van der Waals surface area contributed by atoms with Crippen LogP contribution in [0.5, 0.6) is 5.75 Å². The first-order chi connectivity index (χ1) is 12.6. The van der Waals surface area contributed by atoms with Crippen LogP contribution < -0.4 is 15.4 Å². The average Bonchev–Trinajstić information content (AvgIpc) is 3.49. The molecule has 0 bridgehead atoms. The number of amides is 2. The second kappa shape index (κ2) is 7.28. The quantitative estimate of drug-likeness (QED) is 0.784. The van der Waals surface area contributed by atoms with E-state index in [1.807, 2.05) is 30.3 Å². The van der Waals surface area contributed by atoms with E-state index in [2.05, 4.69) is 10.6 Å². The third kappa shape index (κ3) is 3.38. The third-order valence-electron chi connectivity index (χ3n) is 4.55. The van der Waals surface area contributed by atoms with E-state index in [9.17, 15) is 9.59 Å². The topological polar surface area (TPSA) is 91.2 Å². The van der Waals surface area contributed by atoms with E-state index in [4.69, 9.17) is 10.00 Å². The maximum atomic E-state index is 12.6. The van der Waals surface area contributed by atoms with Crippen LogP contribution >= 0.6 is 0 Å². The Bertz CT molecular complexity index is 882. The summed E-state index contributed by atoms with van der Waals surface area (Å²) in [6.45, 7) is 0.284. The lowest BCUT2D eigenvalue weighted by Gasteiger charge is -2.16. The Morgan fingerprint density at radius 1 is 1.12 bits per heavy atom. The van der Waals surface area contributed by atoms with E-state index in [-0.39, 0.29) is 18.4 Å². The molecule has 0 unspecified atom stereocenters. The van der Waals surface area contributed by atoms with Crippen LogP contribution in [-0.4, -0.2) is 18.9 Å². The van der Waals surface area contributed by atoms with Gasteiger partial charge < -0.3 is 15.4 Å². The van der Waals surface area contributed by atoms with Gasteiger partial charge in [-0.15, -0.1) is 0 Å². The van der Waals surface area contributed by atoms with Crippen LogP contribution in [0.1, 0.15) is 24.0 Å². The second-order valence-electron chi connectivity index (χ2n) is 6.19. The summed E-state index contributed by atoms with van der Waals surface area (Å²) in [6, 6.07) is 16.2. The standard InChI is InChI=1S/C20H19N3O3/c1-26-17-9-5-3-7-15(17)13-22-18(24)20(10-11-20)19(25)23-16-8-4-2-6-14(16)12-21/h2-9H,10-11,13H2,1H3,(H,22,24)(H,23,25). The highest BCUT2D eigenvalue weighted by atomic mass is 16.5. The van der Waals surface area contributed by atoms with Gasteiger partial charge in [-0.1, -0.05) is 30.3 Å². The first-order valence-corrected chi connectivity index (χ1v) is 8.31. The number of benzene rings is 2. The molecular formula is C20H19N3O3. The zero-order valence-corrected chi connectivity index (χ0v) is 14.4. The molecule has 1 fully saturated rings. The molecule has 26 heavy (non-hydrogen) atoms. The largest absolute Gasteiger partial charge is 0.496 e. The Kier molecular flexibility index (Phi) is 4.90. The van der Waals surface area contributed by atoms with Gasteiger partial charge >= 0.3 is 0 Å². The number of nitriles is 1. The normalized spacial score (nSPS) is 14.0. The van der Waals surface area contributed by atoms with Crippen molar-refractivity contribution in [2.24, 2.45) is 5.41 Å². The van der Waals surface area contributed by atoms with Crippen LogP contribution in [0.25, 0.3) is 0 Å². The minimum absolute atomic E-state index is 0.284. The Morgan fingerprint density at radius 2 is 1.81 bits per heavy atom. The Hall–Kier alpha value is -3.33. The molecule has 2 amide bonds. The minimum atomic E-state index is -1.06. The number of methoxy groups -OCH3 is 1. The van der Waals surface area contributed by atoms with Crippen LogP contribution in [0.3, 0.4) is 0 Å². The van der Waals surface area contributed by atoms with Crippen molar-refractivity contribution in [3.63, 3.8) is 0 Å². The van der Waals surface area contributed by atoms with Gasteiger partial charge in [0.1, 0.15) is 17.2 Å². The third-order valence-corrected chi connectivity index (χ3v) is 4.55. The van der Waals surface area contributed by atoms with Crippen LogP contribution in [0.4, 0.5) is 5.69 Å². The molecule has 132 valence electrons. The highest BCUT2D eigenvalue weighted by Gasteiger charge is 2.56. The minimum Gasteiger partial charge on any atom is -0.496 e. The van der Waals surface area contributed by atoms with Gasteiger partial charge in [-0.05, 0) is 31.0 Å². The maximum absolute atomic E-state index is 12.6.